The molecule has 0 unspecified atom stereocenters. The van der Waals surface area contributed by atoms with Gasteiger partial charge >= 0.3 is 0 Å². The molecule has 0 aliphatic rings. The van der Waals surface area contributed by atoms with Crippen molar-refractivity contribution in [3.63, 3.8) is 0 Å². The number of amides is 1. The van der Waals surface area contributed by atoms with E-state index in [4.69, 9.17) is 4.42 Å². The Balaban J connectivity index is 1.83. The Morgan fingerprint density at radius 1 is 1.07 bits per heavy atom. The number of benzene rings is 1. The highest BCUT2D eigenvalue weighted by atomic mass is 32.2. The van der Waals surface area contributed by atoms with Crippen LogP contribution in [0.2, 0.25) is 0 Å². The summed E-state index contributed by atoms with van der Waals surface area (Å²) < 4.78 is 7.53. The van der Waals surface area contributed by atoms with E-state index in [9.17, 15) is 4.79 Å². The number of carbonyl (C=O) groups excluding carboxylic acids is 1. The van der Waals surface area contributed by atoms with Gasteiger partial charge in [-0.3, -0.25) is 9.36 Å². The van der Waals surface area contributed by atoms with E-state index >= 15 is 0 Å². The lowest BCUT2D eigenvalue weighted by Gasteiger charge is -2.30. The summed E-state index contributed by atoms with van der Waals surface area (Å²) in [6, 6.07) is 14.1. The largest absolute Gasteiger partial charge is 0.461 e. The van der Waals surface area contributed by atoms with Gasteiger partial charge in [0.25, 0.3) is 0 Å². The lowest BCUT2D eigenvalue weighted by atomic mass is 10.2. The lowest BCUT2D eigenvalue weighted by molar-refractivity contribution is -0.131. The normalized spacial score (nSPS) is 11.4. The number of furan rings is 1. The van der Waals surface area contributed by atoms with E-state index in [2.05, 4.69) is 22.3 Å². The van der Waals surface area contributed by atoms with Gasteiger partial charge in [-0.1, -0.05) is 42.1 Å². The SMILES string of the molecule is CC(C)N(C(=O)CSc1nnc(-c2ccco2)n1Cc1ccccc1)C(C)C. The molecule has 0 aliphatic carbocycles. The summed E-state index contributed by atoms with van der Waals surface area (Å²) in [7, 11) is 0. The Bertz CT molecular complexity index is 881. The standard InChI is InChI=1S/C21H26N4O2S/c1-15(2)25(16(3)4)19(26)14-28-21-23-22-20(18-11-8-12-27-18)24(21)13-17-9-6-5-7-10-17/h5-12,15-16H,13-14H2,1-4H3. The average Bonchev–Trinajstić information content (AvgIpc) is 3.30. The van der Waals surface area contributed by atoms with Crippen LogP contribution in [0.4, 0.5) is 0 Å². The van der Waals surface area contributed by atoms with Crippen LogP contribution in [-0.2, 0) is 11.3 Å². The molecule has 0 atom stereocenters. The summed E-state index contributed by atoms with van der Waals surface area (Å²) in [5.74, 6) is 1.74. The van der Waals surface area contributed by atoms with Gasteiger partial charge in [0.1, 0.15) is 0 Å². The van der Waals surface area contributed by atoms with E-state index in [1.165, 1.54) is 11.8 Å². The monoisotopic (exact) mass is 398 g/mol. The van der Waals surface area contributed by atoms with Crippen molar-refractivity contribution in [3.05, 3.63) is 54.3 Å². The van der Waals surface area contributed by atoms with Crippen LogP contribution in [0.15, 0.2) is 58.3 Å². The lowest BCUT2D eigenvalue weighted by Crippen LogP contribution is -2.43. The van der Waals surface area contributed by atoms with Gasteiger partial charge in [0, 0.05) is 12.1 Å². The van der Waals surface area contributed by atoms with Crippen molar-refractivity contribution in [2.24, 2.45) is 0 Å². The van der Waals surface area contributed by atoms with E-state index in [0.717, 1.165) is 5.56 Å². The molecule has 0 bridgehead atoms. The van der Waals surface area contributed by atoms with Crippen LogP contribution >= 0.6 is 11.8 Å². The van der Waals surface area contributed by atoms with Gasteiger partial charge in [0.05, 0.1) is 18.6 Å². The van der Waals surface area contributed by atoms with E-state index < -0.39 is 0 Å². The van der Waals surface area contributed by atoms with Gasteiger partial charge < -0.3 is 9.32 Å². The van der Waals surface area contributed by atoms with Crippen LogP contribution in [-0.4, -0.2) is 43.4 Å². The second-order valence-corrected chi connectivity index (χ2v) is 8.07. The molecular weight excluding hydrogens is 372 g/mol. The third-order valence-electron chi connectivity index (χ3n) is 4.37. The first-order valence-corrected chi connectivity index (χ1v) is 10.4. The van der Waals surface area contributed by atoms with Crippen molar-refractivity contribution < 1.29 is 9.21 Å². The molecule has 1 amide bonds. The number of nitrogens with zero attached hydrogens (tertiary/aromatic N) is 4. The Morgan fingerprint density at radius 2 is 1.79 bits per heavy atom. The fourth-order valence-corrected chi connectivity index (χ4v) is 4.07. The van der Waals surface area contributed by atoms with E-state index in [1.54, 1.807) is 6.26 Å². The van der Waals surface area contributed by atoms with E-state index in [0.29, 0.717) is 29.0 Å². The second kappa shape index (κ2) is 9.10. The summed E-state index contributed by atoms with van der Waals surface area (Å²) in [6.07, 6.45) is 1.62. The van der Waals surface area contributed by atoms with Gasteiger partial charge in [-0.2, -0.15) is 0 Å². The number of carbonyl (C=O) groups is 1. The molecule has 148 valence electrons. The molecule has 3 aromatic rings. The summed E-state index contributed by atoms with van der Waals surface area (Å²) in [5, 5.41) is 9.36. The zero-order valence-corrected chi connectivity index (χ0v) is 17.5. The van der Waals surface area contributed by atoms with Crippen molar-refractivity contribution >= 4 is 17.7 Å². The Kier molecular flexibility index (Phi) is 6.57. The maximum absolute atomic E-state index is 12.7. The highest BCUT2D eigenvalue weighted by Gasteiger charge is 2.22. The topological polar surface area (TPSA) is 64.2 Å². The van der Waals surface area contributed by atoms with Crippen LogP contribution in [0.5, 0.6) is 0 Å². The summed E-state index contributed by atoms with van der Waals surface area (Å²) >= 11 is 1.41. The second-order valence-electron chi connectivity index (χ2n) is 7.13. The molecule has 2 heterocycles. The molecule has 28 heavy (non-hydrogen) atoms. The van der Waals surface area contributed by atoms with Crippen molar-refractivity contribution in [2.75, 3.05) is 5.75 Å². The predicted molar refractivity (Wildman–Crippen MR) is 111 cm³/mol. The van der Waals surface area contributed by atoms with Crippen LogP contribution in [0, 0.1) is 0 Å². The maximum Gasteiger partial charge on any atom is 0.233 e. The molecule has 7 heteroatoms. The summed E-state index contributed by atoms with van der Waals surface area (Å²) in [5.41, 5.74) is 1.13. The van der Waals surface area contributed by atoms with Crippen molar-refractivity contribution in [1.82, 2.24) is 19.7 Å². The Morgan fingerprint density at radius 3 is 2.39 bits per heavy atom. The highest BCUT2D eigenvalue weighted by molar-refractivity contribution is 7.99. The summed E-state index contributed by atoms with van der Waals surface area (Å²) in [6.45, 7) is 8.76. The third kappa shape index (κ3) is 4.65. The van der Waals surface area contributed by atoms with Crippen LogP contribution in [0.1, 0.15) is 33.3 Å². The molecular formula is C21H26N4O2S. The first kappa shape index (κ1) is 20.2. The minimum Gasteiger partial charge on any atom is -0.461 e. The quantitative estimate of drug-likeness (QED) is 0.529. The molecule has 1 aromatic carbocycles. The van der Waals surface area contributed by atoms with Crippen molar-refractivity contribution in [1.29, 1.82) is 0 Å². The van der Waals surface area contributed by atoms with Gasteiger partial charge in [0.2, 0.25) is 11.7 Å². The van der Waals surface area contributed by atoms with E-state index in [-0.39, 0.29) is 18.0 Å². The Hall–Kier alpha value is -2.54. The molecule has 3 rings (SSSR count). The minimum absolute atomic E-state index is 0.101. The Labute approximate surface area is 169 Å². The van der Waals surface area contributed by atoms with Gasteiger partial charge in [-0.05, 0) is 45.4 Å². The molecule has 0 saturated heterocycles. The molecule has 0 radical (unpaired) electrons. The third-order valence-corrected chi connectivity index (χ3v) is 5.32. The molecule has 2 aromatic heterocycles. The average molecular weight is 399 g/mol. The van der Waals surface area contributed by atoms with Gasteiger partial charge in [0.15, 0.2) is 10.9 Å². The minimum atomic E-state index is 0.101. The molecule has 0 saturated carbocycles. The van der Waals surface area contributed by atoms with Gasteiger partial charge in [-0.25, -0.2) is 0 Å². The zero-order valence-electron chi connectivity index (χ0n) is 16.7. The number of rotatable bonds is 8. The highest BCUT2D eigenvalue weighted by Crippen LogP contribution is 2.26. The first-order valence-electron chi connectivity index (χ1n) is 9.42. The number of thioether (sulfide) groups is 1. The van der Waals surface area contributed by atoms with Crippen molar-refractivity contribution in [3.8, 4) is 11.6 Å². The fraction of sp³-hybridized carbons (Fsp3) is 0.381. The van der Waals surface area contributed by atoms with Gasteiger partial charge in [-0.15, -0.1) is 10.2 Å². The van der Waals surface area contributed by atoms with Crippen LogP contribution in [0.25, 0.3) is 11.6 Å². The van der Waals surface area contributed by atoms with E-state index in [1.807, 2.05) is 67.5 Å². The predicted octanol–water partition coefficient (Wildman–Crippen LogP) is 4.32. The smallest absolute Gasteiger partial charge is 0.233 e. The zero-order chi connectivity index (χ0) is 20.1. The number of aromatic nitrogens is 3. The maximum atomic E-state index is 12.7. The molecule has 0 N–H and O–H groups in total. The van der Waals surface area contributed by atoms with Crippen LogP contribution < -0.4 is 0 Å². The summed E-state index contributed by atoms with van der Waals surface area (Å²) in [4.78, 5) is 14.6. The molecule has 6 nitrogen and oxygen atoms in total. The fourth-order valence-electron chi connectivity index (χ4n) is 3.27. The number of hydrogen-bond donors (Lipinski definition) is 0. The molecule has 0 fully saturated rings. The number of hydrogen-bond acceptors (Lipinski definition) is 5. The molecule has 0 aliphatic heterocycles. The van der Waals surface area contributed by atoms with Crippen molar-refractivity contribution in [2.45, 2.75) is 51.5 Å². The molecule has 0 spiro atoms. The van der Waals surface area contributed by atoms with Crippen LogP contribution in [0.3, 0.4) is 0 Å². The first-order chi connectivity index (χ1) is 13.5.